The molecule has 120 valence electrons. The van der Waals surface area contributed by atoms with Crippen molar-refractivity contribution in [2.75, 3.05) is 19.8 Å². The van der Waals surface area contributed by atoms with E-state index in [-0.39, 0.29) is 17.6 Å². The van der Waals surface area contributed by atoms with Crippen molar-refractivity contribution < 1.29 is 9.53 Å². The zero-order chi connectivity index (χ0) is 15.6. The Balaban J connectivity index is 2.23. The summed E-state index contributed by atoms with van der Waals surface area (Å²) in [6, 6.07) is 0. The van der Waals surface area contributed by atoms with Crippen LogP contribution in [0.4, 0.5) is 0 Å². The number of carbonyl (C=O) groups excluding carboxylic acids is 1. The highest BCUT2D eigenvalue weighted by Gasteiger charge is 2.45. The zero-order valence-electron chi connectivity index (χ0n) is 13.8. The van der Waals surface area contributed by atoms with Crippen molar-refractivity contribution >= 4 is 5.91 Å². The quantitative estimate of drug-likeness (QED) is 0.760. The van der Waals surface area contributed by atoms with Crippen molar-refractivity contribution in [3.05, 3.63) is 11.9 Å². The molecule has 2 N–H and O–H groups in total. The van der Waals surface area contributed by atoms with Crippen LogP contribution in [-0.2, 0) is 9.53 Å². The Morgan fingerprint density at radius 1 is 1.38 bits per heavy atom. The molecule has 1 atom stereocenters. The van der Waals surface area contributed by atoms with Gasteiger partial charge in [0, 0.05) is 24.2 Å². The molecule has 2 heterocycles. The van der Waals surface area contributed by atoms with Crippen molar-refractivity contribution in [1.29, 1.82) is 0 Å². The van der Waals surface area contributed by atoms with E-state index in [2.05, 4.69) is 37.5 Å². The third kappa shape index (κ3) is 3.34. The molecule has 1 saturated heterocycles. The molecule has 5 nitrogen and oxygen atoms in total. The van der Waals surface area contributed by atoms with Crippen molar-refractivity contribution in [2.45, 2.75) is 58.7 Å². The minimum absolute atomic E-state index is 0.0412. The van der Waals surface area contributed by atoms with Crippen LogP contribution in [0.25, 0.3) is 0 Å². The average molecular weight is 295 g/mol. The van der Waals surface area contributed by atoms with Gasteiger partial charge < -0.3 is 20.3 Å². The van der Waals surface area contributed by atoms with Crippen LogP contribution in [0.5, 0.6) is 0 Å². The van der Waals surface area contributed by atoms with Gasteiger partial charge >= 0.3 is 0 Å². The first kappa shape index (κ1) is 16.1. The maximum Gasteiger partial charge on any atom is 0.266 e. The van der Waals surface area contributed by atoms with Gasteiger partial charge in [-0.3, -0.25) is 4.79 Å². The maximum atomic E-state index is 11.8. The second kappa shape index (κ2) is 6.26. The molecule has 0 aromatic carbocycles. The molecular weight excluding hydrogens is 266 g/mol. The van der Waals surface area contributed by atoms with Crippen LogP contribution in [0.3, 0.4) is 0 Å². The van der Waals surface area contributed by atoms with Gasteiger partial charge in [0.15, 0.2) is 0 Å². The minimum Gasteiger partial charge on any atom is -0.380 e. The molecule has 2 aliphatic heterocycles. The van der Waals surface area contributed by atoms with E-state index >= 15 is 0 Å². The first-order valence-electron chi connectivity index (χ1n) is 8.00. The van der Waals surface area contributed by atoms with Gasteiger partial charge in [-0.2, -0.15) is 0 Å². The third-order valence-corrected chi connectivity index (χ3v) is 4.29. The number of carbonyl (C=O) groups is 1. The molecule has 2 rings (SSSR count). The van der Waals surface area contributed by atoms with Gasteiger partial charge in [-0.1, -0.05) is 19.8 Å². The number of nitrogens with zero attached hydrogens (tertiary/aromatic N) is 2. The third-order valence-electron chi connectivity index (χ3n) is 4.29. The lowest BCUT2D eigenvalue weighted by Crippen LogP contribution is -2.57. The molecule has 1 amide bonds. The van der Waals surface area contributed by atoms with E-state index in [1.54, 1.807) is 0 Å². The highest BCUT2D eigenvalue weighted by atomic mass is 16.5. The predicted octanol–water partition coefficient (Wildman–Crippen LogP) is 1.89. The smallest absolute Gasteiger partial charge is 0.266 e. The SMILES string of the molecule is CCCCCN1C(C(N)=O)=CN(C(C)(C)C)C1C1COC1. The van der Waals surface area contributed by atoms with Gasteiger partial charge in [0.05, 0.1) is 13.2 Å². The first-order valence-corrected chi connectivity index (χ1v) is 8.00. The summed E-state index contributed by atoms with van der Waals surface area (Å²) in [6.07, 6.45) is 5.58. The van der Waals surface area contributed by atoms with E-state index in [1.165, 1.54) is 12.8 Å². The monoisotopic (exact) mass is 295 g/mol. The van der Waals surface area contributed by atoms with Crippen LogP contribution in [0, 0.1) is 5.92 Å². The van der Waals surface area contributed by atoms with Crippen LogP contribution in [0.1, 0.15) is 47.0 Å². The summed E-state index contributed by atoms with van der Waals surface area (Å²) in [5.74, 6) is 0.113. The van der Waals surface area contributed by atoms with Gasteiger partial charge in [0.2, 0.25) is 0 Å². The lowest BCUT2D eigenvalue weighted by Gasteiger charge is -2.47. The summed E-state index contributed by atoms with van der Waals surface area (Å²) in [7, 11) is 0. The summed E-state index contributed by atoms with van der Waals surface area (Å²) < 4.78 is 5.39. The Morgan fingerprint density at radius 2 is 2.05 bits per heavy atom. The largest absolute Gasteiger partial charge is 0.380 e. The fourth-order valence-corrected chi connectivity index (χ4v) is 3.06. The average Bonchev–Trinajstić information content (AvgIpc) is 2.67. The maximum absolute atomic E-state index is 11.8. The number of amides is 1. The molecular formula is C16H29N3O2. The van der Waals surface area contributed by atoms with Crippen molar-refractivity contribution in [3.8, 4) is 0 Å². The molecule has 5 heteroatoms. The molecule has 0 saturated carbocycles. The first-order chi connectivity index (χ1) is 9.86. The fraction of sp³-hybridized carbons (Fsp3) is 0.812. The van der Waals surface area contributed by atoms with Crippen molar-refractivity contribution in [2.24, 2.45) is 11.7 Å². The molecule has 0 aromatic heterocycles. The Kier molecular flexibility index (Phi) is 4.81. The van der Waals surface area contributed by atoms with Gasteiger partial charge in [0.25, 0.3) is 5.91 Å². The molecule has 0 bridgehead atoms. The highest BCUT2D eigenvalue weighted by molar-refractivity contribution is 5.91. The summed E-state index contributed by atoms with van der Waals surface area (Å²) in [5.41, 5.74) is 6.22. The summed E-state index contributed by atoms with van der Waals surface area (Å²) in [4.78, 5) is 16.3. The predicted molar refractivity (Wildman–Crippen MR) is 83.2 cm³/mol. The molecule has 0 spiro atoms. The van der Waals surface area contributed by atoms with Crippen LogP contribution in [0.2, 0.25) is 0 Å². The number of nitrogens with two attached hydrogens (primary N) is 1. The fourth-order valence-electron chi connectivity index (χ4n) is 3.06. The van der Waals surface area contributed by atoms with E-state index in [0.717, 1.165) is 26.2 Å². The zero-order valence-corrected chi connectivity index (χ0v) is 13.8. The molecule has 0 aliphatic carbocycles. The van der Waals surface area contributed by atoms with E-state index in [0.29, 0.717) is 11.6 Å². The molecule has 1 fully saturated rings. The Hall–Kier alpha value is -1.23. The lowest BCUT2D eigenvalue weighted by molar-refractivity contribution is -0.121. The number of hydrogen-bond donors (Lipinski definition) is 1. The lowest BCUT2D eigenvalue weighted by atomic mass is 9.97. The number of unbranched alkanes of at least 4 members (excludes halogenated alkanes) is 2. The summed E-state index contributed by atoms with van der Waals surface area (Å²) >= 11 is 0. The minimum atomic E-state index is -0.330. The van der Waals surface area contributed by atoms with Gasteiger partial charge in [-0.05, 0) is 27.2 Å². The van der Waals surface area contributed by atoms with Gasteiger partial charge in [0.1, 0.15) is 11.9 Å². The normalized spacial score (nSPS) is 23.2. The molecule has 21 heavy (non-hydrogen) atoms. The molecule has 2 aliphatic rings. The topological polar surface area (TPSA) is 58.8 Å². The molecule has 0 aromatic rings. The Morgan fingerprint density at radius 3 is 2.48 bits per heavy atom. The van der Waals surface area contributed by atoms with Gasteiger partial charge in [-0.15, -0.1) is 0 Å². The van der Waals surface area contributed by atoms with Crippen molar-refractivity contribution in [1.82, 2.24) is 9.80 Å². The van der Waals surface area contributed by atoms with E-state index in [4.69, 9.17) is 10.5 Å². The molecule has 1 unspecified atom stereocenters. The van der Waals surface area contributed by atoms with E-state index < -0.39 is 0 Å². The Labute approximate surface area is 128 Å². The van der Waals surface area contributed by atoms with E-state index in [9.17, 15) is 4.79 Å². The van der Waals surface area contributed by atoms with E-state index in [1.807, 2.05) is 6.20 Å². The second-order valence-electron chi connectivity index (χ2n) is 7.07. The van der Waals surface area contributed by atoms with Crippen molar-refractivity contribution in [3.63, 3.8) is 0 Å². The van der Waals surface area contributed by atoms with Gasteiger partial charge in [-0.25, -0.2) is 0 Å². The highest BCUT2D eigenvalue weighted by Crippen LogP contribution is 2.36. The van der Waals surface area contributed by atoms with Crippen LogP contribution >= 0.6 is 0 Å². The number of primary amides is 1. The van der Waals surface area contributed by atoms with Crippen LogP contribution < -0.4 is 5.73 Å². The Bertz CT molecular complexity index is 410. The van der Waals surface area contributed by atoms with Crippen LogP contribution in [-0.4, -0.2) is 47.2 Å². The second-order valence-corrected chi connectivity index (χ2v) is 7.07. The number of ether oxygens (including phenoxy) is 1. The molecule has 0 radical (unpaired) electrons. The summed E-state index contributed by atoms with van der Waals surface area (Å²) in [5, 5.41) is 0. The van der Waals surface area contributed by atoms with Crippen LogP contribution in [0.15, 0.2) is 11.9 Å². The number of hydrogen-bond acceptors (Lipinski definition) is 4. The number of rotatable bonds is 6. The summed E-state index contributed by atoms with van der Waals surface area (Å²) in [6.45, 7) is 11.1. The standard InChI is InChI=1S/C16H29N3O2/c1-5-6-7-8-18-13(14(17)20)9-19(16(2,3)4)15(18)12-10-21-11-12/h9,12,15H,5-8,10-11H2,1-4H3,(H2,17,20).